The maximum absolute atomic E-state index is 12.5. The molecule has 0 atom stereocenters. The van der Waals surface area contributed by atoms with Crippen LogP contribution in [0.15, 0.2) is 18.2 Å². The van der Waals surface area contributed by atoms with Crippen LogP contribution in [0.1, 0.15) is 23.6 Å². The number of nitrogens with zero attached hydrogens (tertiary/aromatic N) is 1. The van der Waals surface area contributed by atoms with E-state index in [2.05, 4.69) is 0 Å². The molecule has 0 saturated heterocycles. The van der Waals surface area contributed by atoms with Crippen LogP contribution in [0.5, 0.6) is 0 Å². The first-order valence-corrected chi connectivity index (χ1v) is 5.32. The van der Waals surface area contributed by atoms with Gasteiger partial charge in [-0.25, -0.2) is 0 Å². The molecule has 1 heterocycles. The molecule has 0 fully saturated rings. The molecular weight excluding hydrogens is 231 g/mol. The number of hydrogen-bond acceptors (Lipinski definition) is 1. The van der Waals surface area contributed by atoms with E-state index in [1.54, 1.807) is 4.90 Å². The number of hydrogen-bond donors (Lipinski definition) is 0. The molecule has 5 heteroatoms. The monoisotopic (exact) mass is 243 g/mol. The van der Waals surface area contributed by atoms with Gasteiger partial charge in [-0.1, -0.05) is 6.07 Å². The fourth-order valence-corrected chi connectivity index (χ4v) is 2.00. The summed E-state index contributed by atoms with van der Waals surface area (Å²) < 4.78 is 37.6. The van der Waals surface area contributed by atoms with E-state index in [0.29, 0.717) is 18.5 Å². The first kappa shape index (κ1) is 12.0. The van der Waals surface area contributed by atoms with Gasteiger partial charge in [0.1, 0.15) is 0 Å². The molecule has 0 spiro atoms. The molecule has 0 aromatic heterocycles. The fraction of sp³-hybridized carbons (Fsp3) is 0.417. The molecule has 0 N–H and O–H groups in total. The van der Waals surface area contributed by atoms with Crippen molar-refractivity contribution < 1.29 is 18.0 Å². The average Bonchev–Trinajstić information content (AvgIpc) is 2.26. The van der Waals surface area contributed by atoms with Gasteiger partial charge in [-0.2, -0.15) is 13.2 Å². The van der Waals surface area contributed by atoms with Gasteiger partial charge in [-0.3, -0.25) is 4.79 Å². The molecule has 0 radical (unpaired) electrons. The van der Waals surface area contributed by atoms with Crippen molar-refractivity contribution in [2.75, 3.05) is 6.54 Å². The third kappa shape index (κ3) is 2.43. The van der Waals surface area contributed by atoms with Crippen molar-refractivity contribution in [3.05, 3.63) is 34.9 Å². The van der Waals surface area contributed by atoms with Gasteiger partial charge in [-0.05, 0) is 29.7 Å². The standard InChI is InChI=1S/C12H12F3NO/c1-8(17)16-5-4-9-2-3-11(12(13,14)15)6-10(9)7-16/h2-3,6H,4-5,7H2,1H3. The molecule has 1 aliphatic rings. The predicted molar refractivity (Wildman–Crippen MR) is 56.2 cm³/mol. The Morgan fingerprint density at radius 2 is 2.00 bits per heavy atom. The molecule has 0 aliphatic carbocycles. The number of fused-ring (bicyclic) bond motifs is 1. The van der Waals surface area contributed by atoms with Gasteiger partial charge < -0.3 is 4.90 Å². The van der Waals surface area contributed by atoms with Gasteiger partial charge in [0.15, 0.2) is 0 Å². The maximum Gasteiger partial charge on any atom is 0.416 e. The van der Waals surface area contributed by atoms with Crippen molar-refractivity contribution in [2.45, 2.75) is 26.1 Å². The lowest BCUT2D eigenvalue weighted by atomic mass is 9.97. The highest BCUT2D eigenvalue weighted by Gasteiger charge is 2.31. The lowest BCUT2D eigenvalue weighted by Gasteiger charge is -2.28. The van der Waals surface area contributed by atoms with Crippen LogP contribution in [0.2, 0.25) is 0 Å². The van der Waals surface area contributed by atoms with Crippen LogP contribution in [0.25, 0.3) is 0 Å². The second-order valence-corrected chi connectivity index (χ2v) is 4.17. The number of amides is 1. The Hall–Kier alpha value is -1.52. The lowest BCUT2D eigenvalue weighted by Crippen LogP contribution is -2.34. The summed E-state index contributed by atoms with van der Waals surface area (Å²) in [4.78, 5) is 12.8. The second-order valence-electron chi connectivity index (χ2n) is 4.17. The fourth-order valence-electron chi connectivity index (χ4n) is 2.00. The Morgan fingerprint density at radius 3 is 2.59 bits per heavy atom. The van der Waals surface area contributed by atoms with Crippen LogP contribution >= 0.6 is 0 Å². The van der Waals surface area contributed by atoms with Gasteiger partial charge in [0.2, 0.25) is 5.91 Å². The molecule has 0 saturated carbocycles. The number of carbonyl (C=O) groups is 1. The minimum absolute atomic E-state index is 0.104. The summed E-state index contributed by atoms with van der Waals surface area (Å²) in [5, 5.41) is 0. The van der Waals surface area contributed by atoms with Crippen LogP contribution < -0.4 is 0 Å². The van der Waals surface area contributed by atoms with Crippen molar-refractivity contribution in [3.8, 4) is 0 Å². The predicted octanol–water partition coefficient (Wildman–Crippen LogP) is 2.61. The molecule has 2 nitrogen and oxygen atoms in total. The summed E-state index contributed by atoms with van der Waals surface area (Å²) in [6.45, 7) is 2.28. The minimum atomic E-state index is -4.33. The number of rotatable bonds is 0. The molecule has 1 aromatic rings. The van der Waals surface area contributed by atoms with E-state index in [1.807, 2.05) is 0 Å². The summed E-state index contributed by atoms with van der Waals surface area (Å²) in [5.41, 5.74) is 0.846. The topological polar surface area (TPSA) is 20.3 Å². The summed E-state index contributed by atoms with van der Waals surface area (Å²) in [6.07, 6.45) is -3.71. The maximum atomic E-state index is 12.5. The summed E-state index contributed by atoms with van der Waals surface area (Å²) in [5.74, 6) is -0.104. The van der Waals surface area contributed by atoms with Crippen molar-refractivity contribution >= 4 is 5.91 Å². The third-order valence-corrected chi connectivity index (χ3v) is 2.99. The Bertz CT molecular complexity index is 454. The highest BCUT2D eigenvalue weighted by Crippen LogP contribution is 2.32. The Morgan fingerprint density at radius 1 is 1.29 bits per heavy atom. The number of alkyl halides is 3. The van der Waals surface area contributed by atoms with E-state index < -0.39 is 11.7 Å². The zero-order valence-corrected chi connectivity index (χ0v) is 9.34. The SMILES string of the molecule is CC(=O)N1CCc2ccc(C(F)(F)F)cc2C1. The van der Waals surface area contributed by atoms with Crippen LogP contribution in [-0.2, 0) is 23.9 Å². The molecule has 1 aliphatic heterocycles. The zero-order valence-electron chi connectivity index (χ0n) is 9.34. The van der Waals surface area contributed by atoms with Gasteiger partial charge in [0, 0.05) is 20.0 Å². The number of carbonyl (C=O) groups excluding carboxylic acids is 1. The van der Waals surface area contributed by atoms with Crippen LogP contribution in [-0.4, -0.2) is 17.4 Å². The normalized spacial score (nSPS) is 15.6. The molecule has 1 aromatic carbocycles. The van der Waals surface area contributed by atoms with Crippen LogP contribution in [0.3, 0.4) is 0 Å². The van der Waals surface area contributed by atoms with E-state index in [-0.39, 0.29) is 12.5 Å². The highest BCUT2D eigenvalue weighted by atomic mass is 19.4. The summed E-state index contributed by atoms with van der Waals surface area (Å²) >= 11 is 0. The molecule has 0 bridgehead atoms. The van der Waals surface area contributed by atoms with Crippen molar-refractivity contribution in [1.29, 1.82) is 0 Å². The zero-order chi connectivity index (χ0) is 12.6. The Balaban J connectivity index is 2.32. The highest BCUT2D eigenvalue weighted by molar-refractivity contribution is 5.73. The lowest BCUT2D eigenvalue weighted by molar-refractivity contribution is -0.137. The van der Waals surface area contributed by atoms with E-state index >= 15 is 0 Å². The first-order valence-electron chi connectivity index (χ1n) is 5.32. The van der Waals surface area contributed by atoms with Gasteiger partial charge in [0.25, 0.3) is 0 Å². The van der Waals surface area contributed by atoms with E-state index in [9.17, 15) is 18.0 Å². The van der Waals surface area contributed by atoms with Gasteiger partial charge >= 0.3 is 6.18 Å². The van der Waals surface area contributed by atoms with Crippen LogP contribution in [0, 0.1) is 0 Å². The quantitative estimate of drug-likeness (QED) is 0.686. The molecule has 2 rings (SSSR count). The summed E-state index contributed by atoms with van der Waals surface area (Å²) in [6, 6.07) is 3.75. The summed E-state index contributed by atoms with van der Waals surface area (Å²) in [7, 11) is 0. The molecular formula is C12H12F3NO. The third-order valence-electron chi connectivity index (χ3n) is 2.99. The minimum Gasteiger partial charge on any atom is -0.338 e. The molecule has 17 heavy (non-hydrogen) atoms. The van der Waals surface area contributed by atoms with Crippen LogP contribution in [0.4, 0.5) is 13.2 Å². The Labute approximate surface area is 97.0 Å². The van der Waals surface area contributed by atoms with Crippen molar-refractivity contribution in [3.63, 3.8) is 0 Å². The van der Waals surface area contributed by atoms with E-state index in [4.69, 9.17) is 0 Å². The number of benzene rings is 1. The van der Waals surface area contributed by atoms with Crippen molar-refractivity contribution in [2.24, 2.45) is 0 Å². The van der Waals surface area contributed by atoms with E-state index in [0.717, 1.165) is 17.7 Å². The largest absolute Gasteiger partial charge is 0.416 e. The molecule has 1 amide bonds. The average molecular weight is 243 g/mol. The molecule has 92 valence electrons. The van der Waals surface area contributed by atoms with Gasteiger partial charge in [0.05, 0.1) is 5.56 Å². The number of halogens is 3. The van der Waals surface area contributed by atoms with E-state index in [1.165, 1.54) is 13.0 Å². The Kier molecular flexibility index (Phi) is 2.85. The molecule has 0 unspecified atom stereocenters. The van der Waals surface area contributed by atoms with Gasteiger partial charge in [-0.15, -0.1) is 0 Å². The second kappa shape index (κ2) is 4.05. The smallest absolute Gasteiger partial charge is 0.338 e. The van der Waals surface area contributed by atoms with Crippen molar-refractivity contribution in [1.82, 2.24) is 4.90 Å². The first-order chi connectivity index (χ1) is 7.88.